The van der Waals surface area contributed by atoms with Gasteiger partial charge in [0.05, 0.1) is 5.52 Å². The number of nitrogens with zero attached hydrogens (tertiary/aromatic N) is 3. The number of imidazole rings is 1. The molecule has 0 aliphatic rings. The van der Waals surface area contributed by atoms with Gasteiger partial charge < -0.3 is 0 Å². The maximum absolute atomic E-state index is 4.97. The summed E-state index contributed by atoms with van der Waals surface area (Å²) < 4.78 is 4.52. The van der Waals surface area contributed by atoms with Crippen LogP contribution in [0.25, 0.3) is 76.8 Å². The summed E-state index contributed by atoms with van der Waals surface area (Å²) >= 11 is 0. The second-order valence-electron chi connectivity index (χ2n) is 10.1. The van der Waals surface area contributed by atoms with Gasteiger partial charge in [0.25, 0.3) is 0 Å². The molecule has 0 radical (unpaired) electrons. The van der Waals surface area contributed by atoms with Crippen LogP contribution in [0.3, 0.4) is 0 Å². The SMILES string of the molecule is c1cc2ccc3ccc(-c4ccc(-n5c6ccccc6c6nc7ccccn7c65)cc4)c4ccc(c1)c2c34. The van der Waals surface area contributed by atoms with E-state index in [1.165, 1.54) is 54.3 Å². The molecule has 0 spiro atoms. The predicted molar refractivity (Wildman–Crippen MR) is 159 cm³/mol. The fraction of sp³-hybridized carbons (Fsp3) is 0. The van der Waals surface area contributed by atoms with E-state index in [2.05, 4.69) is 130 Å². The lowest BCUT2D eigenvalue weighted by molar-refractivity contribution is 1.09. The first-order valence-corrected chi connectivity index (χ1v) is 13.0. The average Bonchev–Trinajstić information content (AvgIpc) is 3.51. The number of hydrogen-bond donors (Lipinski definition) is 0. The highest BCUT2D eigenvalue weighted by atomic mass is 15.1. The van der Waals surface area contributed by atoms with E-state index in [1.54, 1.807) is 0 Å². The minimum absolute atomic E-state index is 0.960. The van der Waals surface area contributed by atoms with Crippen LogP contribution >= 0.6 is 0 Å². The van der Waals surface area contributed by atoms with E-state index >= 15 is 0 Å². The van der Waals surface area contributed by atoms with E-state index in [-0.39, 0.29) is 0 Å². The molecule has 0 N–H and O–H groups in total. The van der Waals surface area contributed by atoms with Gasteiger partial charge in [0, 0.05) is 17.3 Å². The Balaban J connectivity index is 1.28. The van der Waals surface area contributed by atoms with Crippen LogP contribution in [0.4, 0.5) is 0 Å². The Morgan fingerprint density at radius 1 is 0.526 bits per heavy atom. The normalized spacial score (nSPS) is 12.2. The molecule has 176 valence electrons. The van der Waals surface area contributed by atoms with E-state index in [0.29, 0.717) is 0 Å². The van der Waals surface area contributed by atoms with Crippen molar-refractivity contribution in [3.8, 4) is 16.8 Å². The molecule has 9 aromatic rings. The minimum Gasteiger partial charge on any atom is -0.294 e. The van der Waals surface area contributed by atoms with Gasteiger partial charge in [0.15, 0.2) is 5.65 Å². The zero-order valence-electron chi connectivity index (χ0n) is 20.5. The Labute approximate surface area is 218 Å². The highest BCUT2D eigenvalue weighted by Gasteiger charge is 2.18. The highest BCUT2D eigenvalue weighted by molar-refractivity contribution is 6.25. The molecule has 0 aliphatic carbocycles. The van der Waals surface area contributed by atoms with E-state index in [1.807, 2.05) is 6.07 Å². The molecule has 3 nitrogen and oxygen atoms in total. The summed E-state index contributed by atoms with van der Waals surface area (Å²) in [7, 11) is 0. The predicted octanol–water partition coefficient (Wildman–Crippen LogP) is 9.00. The molecule has 0 aliphatic heterocycles. The van der Waals surface area contributed by atoms with Crippen molar-refractivity contribution in [3.63, 3.8) is 0 Å². The third-order valence-electron chi connectivity index (χ3n) is 8.08. The minimum atomic E-state index is 0.960. The van der Waals surface area contributed by atoms with Crippen molar-refractivity contribution in [2.45, 2.75) is 0 Å². The smallest absolute Gasteiger partial charge is 0.150 e. The molecule has 0 saturated carbocycles. The summed E-state index contributed by atoms with van der Waals surface area (Å²) in [6, 6.07) is 43.8. The summed E-state index contributed by atoms with van der Waals surface area (Å²) in [5.41, 5.74) is 7.86. The van der Waals surface area contributed by atoms with Gasteiger partial charge in [-0.25, -0.2) is 4.98 Å². The second-order valence-corrected chi connectivity index (χ2v) is 10.1. The number of pyridine rings is 1. The summed E-state index contributed by atoms with van der Waals surface area (Å²) in [6.07, 6.45) is 2.10. The molecule has 0 fully saturated rings. The maximum Gasteiger partial charge on any atom is 0.150 e. The number of para-hydroxylation sites is 1. The van der Waals surface area contributed by atoms with E-state index in [4.69, 9.17) is 4.98 Å². The van der Waals surface area contributed by atoms with Gasteiger partial charge in [-0.15, -0.1) is 0 Å². The fourth-order valence-electron chi connectivity index (χ4n) is 6.40. The third-order valence-corrected chi connectivity index (χ3v) is 8.08. The van der Waals surface area contributed by atoms with Crippen LogP contribution in [-0.2, 0) is 0 Å². The van der Waals surface area contributed by atoms with Crippen molar-refractivity contribution in [1.82, 2.24) is 14.0 Å². The Morgan fingerprint density at radius 3 is 2.13 bits per heavy atom. The third kappa shape index (κ3) is 2.55. The average molecular weight is 484 g/mol. The molecule has 3 aromatic heterocycles. The van der Waals surface area contributed by atoms with Crippen LogP contribution < -0.4 is 0 Å². The lowest BCUT2D eigenvalue weighted by Gasteiger charge is -2.15. The maximum atomic E-state index is 4.97. The van der Waals surface area contributed by atoms with Gasteiger partial charge in [-0.2, -0.15) is 0 Å². The Bertz CT molecular complexity index is 2310. The van der Waals surface area contributed by atoms with Crippen LogP contribution in [0.1, 0.15) is 0 Å². The van der Waals surface area contributed by atoms with Gasteiger partial charge in [0.2, 0.25) is 0 Å². The number of benzene rings is 6. The lowest BCUT2D eigenvalue weighted by Crippen LogP contribution is -1.97. The first-order valence-electron chi connectivity index (χ1n) is 13.0. The number of fused-ring (bicyclic) bond motifs is 5. The first-order chi connectivity index (χ1) is 18.8. The van der Waals surface area contributed by atoms with Crippen molar-refractivity contribution in [2.24, 2.45) is 0 Å². The Morgan fingerprint density at radius 2 is 1.26 bits per heavy atom. The van der Waals surface area contributed by atoms with E-state index in [9.17, 15) is 0 Å². The van der Waals surface area contributed by atoms with Gasteiger partial charge >= 0.3 is 0 Å². The highest BCUT2D eigenvalue weighted by Crippen LogP contribution is 2.40. The number of rotatable bonds is 2. The molecule has 0 amide bonds. The van der Waals surface area contributed by atoms with Crippen LogP contribution in [0.5, 0.6) is 0 Å². The van der Waals surface area contributed by atoms with Gasteiger partial charge in [0.1, 0.15) is 11.2 Å². The van der Waals surface area contributed by atoms with Crippen LogP contribution in [-0.4, -0.2) is 14.0 Å². The molecule has 3 heterocycles. The van der Waals surface area contributed by atoms with Crippen molar-refractivity contribution < 1.29 is 0 Å². The van der Waals surface area contributed by atoms with Crippen molar-refractivity contribution in [1.29, 1.82) is 0 Å². The van der Waals surface area contributed by atoms with Gasteiger partial charge in [-0.1, -0.05) is 91.0 Å². The zero-order valence-corrected chi connectivity index (χ0v) is 20.5. The quantitative estimate of drug-likeness (QED) is 0.225. The molecule has 3 heteroatoms. The van der Waals surface area contributed by atoms with Crippen LogP contribution in [0, 0.1) is 0 Å². The van der Waals surface area contributed by atoms with Crippen LogP contribution in [0.15, 0.2) is 128 Å². The van der Waals surface area contributed by atoms with Gasteiger partial charge in [-0.05, 0) is 73.8 Å². The molecular formula is C35H21N3. The zero-order chi connectivity index (χ0) is 24.8. The standard InChI is InChI=1S/C35H21N3/c1-2-9-30-29(8-1)34-35(37-21-4-3-10-31(37)36-34)38(30)26-17-13-22(14-18-26)27-19-15-25-12-11-23-6-5-7-24-16-20-28(27)33(25)32(23)24/h1-21H. The van der Waals surface area contributed by atoms with Crippen molar-refractivity contribution in [3.05, 3.63) is 128 Å². The van der Waals surface area contributed by atoms with Crippen molar-refractivity contribution in [2.75, 3.05) is 0 Å². The molecular weight excluding hydrogens is 462 g/mol. The molecule has 0 bridgehead atoms. The number of hydrogen-bond acceptors (Lipinski definition) is 1. The van der Waals surface area contributed by atoms with E-state index in [0.717, 1.165) is 22.5 Å². The largest absolute Gasteiger partial charge is 0.294 e. The van der Waals surface area contributed by atoms with Crippen molar-refractivity contribution >= 4 is 60.0 Å². The summed E-state index contributed by atoms with van der Waals surface area (Å²) in [5, 5.41) is 9.06. The summed E-state index contributed by atoms with van der Waals surface area (Å²) in [4.78, 5) is 4.97. The Hall–Kier alpha value is -5.15. The second kappa shape index (κ2) is 7.21. The van der Waals surface area contributed by atoms with E-state index < -0.39 is 0 Å². The summed E-state index contributed by atoms with van der Waals surface area (Å²) in [5.74, 6) is 0. The molecule has 38 heavy (non-hydrogen) atoms. The van der Waals surface area contributed by atoms with Gasteiger partial charge in [-0.3, -0.25) is 8.97 Å². The molecule has 0 unspecified atom stereocenters. The fourth-order valence-corrected chi connectivity index (χ4v) is 6.40. The lowest BCUT2D eigenvalue weighted by atomic mass is 9.90. The monoisotopic (exact) mass is 483 g/mol. The summed E-state index contributed by atoms with van der Waals surface area (Å²) in [6.45, 7) is 0. The van der Waals surface area contributed by atoms with Crippen LogP contribution in [0.2, 0.25) is 0 Å². The molecule has 9 rings (SSSR count). The molecule has 0 atom stereocenters. The topological polar surface area (TPSA) is 22.2 Å². The Kier molecular flexibility index (Phi) is 3.79. The molecule has 0 saturated heterocycles. The number of aromatic nitrogens is 3. The molecule has 6 aromatic carbocycles. The first kappa shape index (κ1) is 20.0.